The minimum Gasteiger partial charge on any atom is -0.394 e. The summed E-state index contributed by atoms with van der Waals surface area (Å²) in [6.45, 7) is 0.331. The monoisotopic (exact) mass is 333 g/mol. The van der Waals surface area contributed by atoms with E-state index in [1.165, 1.54) is 0 Å². The Kier molecular flexibility index (Phi) is 5.62. The third-order valence-electron chi connectivity index (χ3n) is 3.71. The number of sulfone groups is 1. The zero-order valence-corrected chi connectivity index (χ0v) is 13.2. The van der Waals surface area contributed by atoms with Gasteiger partial charge in [0.05, 0.1) is 24.2 Å². The molecule has 0 saturated carbocycles. The molecule has 0 aliphatic carbocycles. The first kappa shape index (κ1) is 16.7. The number of nitrogens with zero attached hydrogens (tertiary/aromatic N) is 1. The van der Waals surface area contributed by atoms with Gasteiger partial charge in [-0.1, -0.05) is 29.8 Å². The standard InChI is InChI=1S/C14H20ClNO4S/c15-14-4-2-1-3-11(14)7-16(8-13(18)9-17)12-5-6-21(19,20)10-12/h1-4,12-13,17-18H,5-10H2/t12-,13+/m0/s1. The molecule has 2 rings (SSSR count). The SMILES string of the molecule is O=S1(=O)CC[C@H](N(Cc2ccccc2Cl)C[C@@H](O)CO)C1. The van der Waals surface area contributed by atoms with Crippen LogP contribution in [0.25, 0.3) is 0 Å². The highest BCUT2D eigenvalue weighted by atomic mass is 35.5. The van der Waals surface area contributed by atoms with Crippen LogP contribution in [-0.2, 0) is 16.4 Å². The van der Waals surface area contributed by atoms with Crippen molar-refractivity contribution in [3.8, 4) is 0 Å². The van der Waals surface area contributed by atoms with Gasteiger partial charge in [0.15, 0.2) is 9.84 Å². The molecule has 0 amide bonds. The Hall–Kier alpha value is -0.660. The van der Waals surface area contributed by atoms with Gasteiger partial charge in [-0.2, -0.15) is 0 Å². The lowest BCUT2D eigenvalue weighted by Crippen LogP contribution is -2.41. The van der Waals surface area contributed by atoms with Gasteiger partial charge in [-0.15, -0.1) is 0 Å². The second-order valence-corrected chi connectivity index (χ2v) is 8.05. The van der Waals surface area contributed by atoms with E-state index in [1.807, 2.05) is 23.1 Å². The van der Waals surface area contributed by atoms with E-state index in [-0.39, 0.29) is 30.7 Å². The van der Waals surface area contributed by atoms with Gasteiger partial charge >= 0.3 is 0 Å². The van der Waals surface area contributed by atoms with E-state index < -0.39 is 15.9 Å². The maximum atomic E-state index is 11.7. The fourth-order valence-electron chi connectivity index (χ4n) is 2.58. The lowest BCUT2D eigenvalue weighted by Gasteiger charge is -2.30. The van der Waals surface area contributed by atoms with Crippen LogP contribution in [0.4, 0.5) is 0 Å². The molecule has 118 valence electrons. The van der Waals surface area contributed by atoms with Gasteiger partial charge in [-0.3, -0.25) is 4.90 Å². The average Bonchev–Trinajstić information content (AvgIpc) is 2.80. The molecule has 21 heavy (non-hydrogen) atoms. The molecule has 1 saturated heterocycles. The summed E-state index contributed by atoms with van der Waals surface area (Å²) in [4.78, 5) is 1.90. The fraction of sp³-hybridized carbons (Fsp3) is 0.571. The lowest BCUT2D eigenvalue weighted by molar-refractivity contribution is 0.0447. The first-order valence-electron chi connectivity index (χ1n) is 6.88. The van der Waals surface area contributed by atoms with Gasteiger partial charge < -0.3 is 10.2 Å². The largest absolute Gasteiger partial charge is 0.394 e. The van der Waals surface area contributed by atoms with Crippen LogP contribution in [0.15, 0.2) is 24.3 Å². The van der Waals surface area contributed by atoms with Crippen LogP contribution in [0.1, 0.15) is 12.0 Å². The Morgan fingerprint density at radius 1 is 1.38 bits per heavy atom. The van der Waals surface area contributed by atoms with Crippen molar-refractivity contribution in [1.82, 2.24) is 4.90 Å². The molecule has 1 heterocycles. The summed E-state index contributed by atoms with van der Waals surface area (Å²) in [6, 6.07) is 7.21. The quantitative estimate of drug-likeness (QED) is 0.800. The molecule has 0 radical (unpaired) electrons. The molecule has 7 heteroatoms. The summed E-state index contributed by atoms with van der Waals surface area (Å²) in [5, 5.41) is 19.3. The number of aliphatic hydroxyl groups is 2. The van der Waals surface area contributed by atoms with E-state index in [9.17, 15) is 13.5 Å². The van der Waals surface area contributed by atoms with Gasteiger partial charge in [0, 0.05) is 24.2 Å². The van der Waals surface area contributed by atoms with Gasteiger partial charge in [-0.25, -0.2) is 8.42 Å². The summed E-state index contributed by atoms with van der Waals surface area (Å²) in [6.07, 6.45) is -0.346. The van der Waals surface area contributed by atoms with Crippen molar-refractivity contribution >= 4 is 21.4 Å². The minimum absolute atomic E-state index is 0.0929. The van der Waals surface area contributed by atoms with Crippen LogP contribution >= 0.6 is 11.6 Å². The predicted octanol–water partition coefficient (Wildman–Crippen LogP) is 0.682. The maximum Gasteiger partial charge on any atom is 0.151 e. The van der Waals surface area contributed by atoms with E-state index >= 15 is 0 Å². The minimum atomic E-state index is -3.00. The van der Waals surface area contributed by atoms with E-state index in [0.717, 1.165) is 5.56 Å². The van der Waals surface area contributed by atoms with Crippen LogP contribution in [0.3, 0.4) is 0 Å². The molecule has 2 atom stereocenters. The Bertz CT molecular complexity index is 578. The van der Waals surface area contributed by atoms with E-state index in [4.69, 9.17) is 16.7 Å². The highest BCUT2D eigenvalue weighted by Crippen LogP contribution is 2.23. The van der Waals surface area contributed by atoms with Gasteiger partial charge in [0.25, 0.3) is 0 Å². The third-order valence-corrected chi connectivity index (χ3v) is 5.83. The Balaban J connectivity index is 2.14. The first-order chi connectivity index (χ1) is 9.91. The summed E-state index contributed by atoms with van der Waals surface area (Å²) >= 11 is 6.14. The molecule has 1 aliphatic rings. The normalized spacial score (nSPS) is 22.6. The van der Waals surface area contributed by atoms with Crippen molar-refractivity contribution in [3.63, 3.8) is 0 Å². The number of hydrogen-bond donors (Lipinski definition) is 2. The van der Waals surface area contributed by atoms with Crippen LogP contribution in [0.2, 0.25) is 5.02 Å². The number of benzene rings is 1. The summed E-state index contributed by atoms with van der Waals surface area (Å²) in [5.41, 5.74) is 0.883. The number of aliphatic hydroxyl groups excluding tert-OH is 2. The zero-order chi connectivity index (χ0) is 15.5. The second-order valence-electron chi connectivity index (χ2n) is 5.41. The first-order valence-corrected chi connectivity index (χ1v) is 9.08. The number of hydrogen-bond acceptors (Lipinski definition) is 5. The molecule has 1 aromatic carbocycles. The Labute approximate surface area is 130 Å². The highest BCUT2D eigenvalue weighted by Gasteiger charge is 2.33. The van der Waals surface area contributed by atoms with Crippen molar-refractivity contribution in [3.05, 3.63) is 34.9 Å². The lowest BCUT2D eigenvalue weighted by atomic mass is 10.1. The molecule has 0 bridgehead atoms. The molecule has 1 aromatic rings. The Morgan fingerprint density at radius 3 is 2.67 bits per heavy atom. The zero-order valence-electron chi connectivity index (χ0n) is 11.7. The third kappa shape index (κ3) is 4.66. The fourth-order valence-corrected chi connectivity index (χ4v) is 4.54. The van der Waals surface area contributed by atoms with Crippen LogP contribution in [-0.4, -0.2) is 60.3 Å². The van der Waals surface area contributed by atoms with Crippen molar-refractivity contribution in [2.75, 3.05) is 24.7 Å². The van der Waals surface area contributed by atoms with Crippen LogP contribution in [0.5, 0.6) is 0 Å². The smallest absolute Gasteiger partial charge is 0.151 e. The van der Waals surface area contributed by atoms with Crippen LogP contribution in [0, 0.1) is 0 Å². The van der Waals surface area contributed by atoms with Crippen molar-refractivity contribution in [1.29, 1.82) is 0 Å². The molecule has 0 spiro atoms. The molecule has 1 aliphatic heterocycles. The summed E-state index contributed by atoms with van der Waals surface area (Å²) in [5.74, 6) is 0.265. The topological polar surface area (TPSA) is 77.8 Å². The summed E-state index contributed by atoms with van der Waals surface area (Å²) < 4.78 is 23.3. The predicted molar refractivity (Wildman–Crippen MR) is 82.0 cm³/mol. The van der Waals surface area contributed by atoms with Crippen molar-refractivity contribution in [2.24, 2.45) is 0 Å². The highest BCUT2D eigenvalue weighted by molar-refractivity contribution is 7.91. The van der Waals surface area contributed by atoms with Crippen molar-refractivity contribution in [2.45, 2.75) is 25.1 Å². The van der Waals surface area contributed by atoms with E-state index in [2.05, 4.69) is 0 Å². The number of rotatable bonds is 6. The molecule has 1 fully saturated rings. The molecule has 5 nitrogen and oxygen atoms in total. The van der Waals surface area contributed by atoms with Crippen molar-refractivity contribution < 1.29 is 18.6 Å². The second kappa shape index (κ2) is 7.07. The van der Waals surface area contributed by atoms with Gasteiger partial charge in [-0.05, 0) is 18.1 Å². The van der Waals surface area contributed by atoms with E-state index in [1.54, 1.807) is 6.07 Å². The maximum absolute atomic E-state index is 11.7. The summed E-state index contributed by atoms with van der Waals surface area (Å²) in [7, 11) is -3.00. The van der Waals surface area contributed by atoms with E-state index in [0.29, 0.717) is 18.0 Å². The molecular weight excluding hydrogens is 314 g/mol. The van der Waals surface area contributed by atoms with Gasteiger partial charge in [0.2, 0.25) is 0 Å². The Morgan fingerprint density at radius 2 is 2.10 bits per heavy atom. The molecular formula is C14H20ClNO4S. The van der Waals surface area contributed by atoms with Gasteiger partial charge in [0.1, 0.15) is 0 Å². The molecule has 0 aromatic heterocycles. The van der Waals surface area contributed by atoms with Crippen LogP contribution < -0.4 is 0 Å². The average molecular weight is 334 g/mol. The molecule has 2 N–H and O–H groups in total. The number of halogens is 1. The molecule has 0 unspecified atom stereocenters.